The minimum absolute atomic E-state index is 0.0503. The molecule has 0 spiro atoms. The molecule has 2 saturated carbocycles. The molecule has 0 unspecified atom stereocenters. The molecule has 0 heterocycles. The average molecular weight is 204 g/mol. The molecule has 3 aliphatic rings. The summed E-state index contributed by atoms with van der Waals surface area (Å²) >= 11 is 0. The minimum atomic E-state index is 0.0503. The van der Waals surface area contributed by atoms with Crippen molar-refractivity contribution in [1.82, 2.24) is 0 Å². The monoisotopic (exact) mass is 204 g/mol. The van der Waals surface area contributed by atoms with Crippen molar-refractivity contribution in [3.05, 3.63) is 11.6 Å². The lowest BCUT2D eigenvalue weighted by Crippen LogP contribution is -2.46. The van der Waals surface area contributed by atoms with Crippen LogP contribution in [0.2, 0.25) is 0 Å². The predicted molar refractivity (Wildman–Crippen MR) is 60.5 cm³/mol. The molecule has 2 fully saturated rings. The van der Waals surface area contributed by atoms with Crippen molar-refractivity contribution in [3.63, 3.8) is 0 Å². The van der Waals surface area contributed by atoms with Crippen molar-refractivity contribution in [2.75, 3.05) is 0 Å². The summed E-state index contributed by atoms with van der Waals surface area (Å²) in [5, 5.41) is 0. The summed E-state index contributed by atoms with van der Waals surface area (Å²) in [7, 11) is 0. The van der Waals surface area contributed by atoms with Crippen LogP contribution >= 0.6 is 0 Å². The second-order valence-corrected chi connectivity index (χ2v) is 5.89. The zero-order valence-corrected chi connectivity index (χ0v) is 9.81. The Hall–Kier alpha value is -0.590. The van der Waals surface area contributed by atoms with Gasteiger partial charge in [0.05, 0.1) is 0 Å². The summed E-state index contributed by atoms with van der Waals surface area (Å²) in [6.45, 7) is 4.57. The van der Waals surface area contributed by atoms with Gasteiger partial charge in [0.1, 0.15) is 0 Å². The first-order chi connectivity index (χ1) is 7.13. The number of carbonyl (C=O) groups is 1. The summed E-state index contributed by atoms with van der Waals surface area (Å²) in [6.07, 6.45) is 9.40. The highest BCUT2D eigenvalue weighted by Gasteiger charge is 2.65. The van der Waals surface area contributed by atoms with Crippen molar-refractivity contribution in [2.24, 2.45) is 16.7 Å². The zero-order valence-electron chi connectivity index (χ0n) is 9.81. The average Bonchev–Trinajstić information content (AvgIpc) is 2.68. The number of hydrogen-bond donors (Lipinski definition) is 0. The highest BCUT2D eigenvalue weighted by atomic mass is 16.1. The van der Waals surface area contributed by atoms with E-state index in [9.17, 15) is 4.79 Å². The van der Waals surface area contributed by atoms with Gasteiger partial charge in [0.25, 0.3) is 0 Å². The van der Waals surface area contributed by atoms with E-state index in [0.29, 0.717) is 5.78 Å². The van der Waals surface area contributed by atoms with Crippen molar-refractivity contribution in [2.45, 2.75) is 52.4 Å². The summed E-state index contributed by atoms with van der Waals surface area (Å²) in [5.74, 6) is 1.18. The molecule has 3 rings (SSSR count). The number of hydrogen-bond acceptors (Lipinski definition) is 1. The minimum Gasteiger partial charge on any atom is -0.294 e. The molecule has 0 bridgehead atoms. The van der Waals surface area contributed by atoms with Crippen LogP contribution in [0.15, 0.2) is 11.6 Å². The fourth-order valence-corrected chi connectivity index (χ4v) is 5.05. The van der Waals surface area contributed by atoms with Gasteiger partial charge in [-0.3, -0.25) is 4.79 Å². The quantitative estimate of drug-likeness (QED) is 0.590. The Morgan fingerprint density at radius 2 is 2.00 bits per heavy atom. The molecule has 0 aliphatic heterocycles. The molecule has 1 nitrogen and oxygen atoms in total. The van der Waals surface area contributed by atoms with Crippen LogP contribution in [-0.2, 0) is 4.79 Å². The fraction of sp³-hybridized carbons (Fsp3) is 0.786. The molecule has 0 N–H and O–H groups in total. The maximum atomic E-state index is 12.3. The SMILES string of the molecule is CC1=CC(=O)[C@]23CCC[C@@H](C)[C@]12CCC3. The first-order valence-electron chi connectivity index (χ1n) is 6.37. The van der Waals surface area contributed by atoms with Crippen LogP contribution in [0.4, 0.5) is 0 Å². The van der Waals surface area contributed by atoms with Crippen LogP contribution in [0.3, 0.4) is 0 Å². The highest BCUT2D eigenvalue weighted by molar-refractivity contribution is 6.00. The van der Waals surface area contributed by atoms with Gasteiger partial charge in [-0.1, -0.05) is 25.3 Å². The molecule has 0 saturated heterocycles. The third-order valence-corrected chi connectivity index (χ3v) is 5.63. The van der Waals surface area contributed by atoms with Crippen LogP contribution in [-0.4, -0.2) is 5.78 Å². The molecule has 0 radical (unpaired) electrons. The Balaban J connectivity index is 2.19. The molecule has 0 aromatic rings. The fourth-order valence-electron chi connectivity index (χ4n) is 5.05. The molecule has 0 aromatic carbocycles. The second kappa shape index (κ2) is 2.75. The number of carbonyl (C=O) groups excluding carboxylic acids is 1. The van der Waals surface area contributed by atoms with Crippen molar-refractivity contribution in [1.29, 1.82) is 0 Å². The van der Waals surface area contributed by atoms with Crippen LogP contribution in [0.5, 0.6) is 0 Å². The van der Waals surface area contributed by atoms with Gasteiger partial charge in [-0.05, 0) is 44.6 Å². The van der Waals surface area contributed by atoms with E-state index >= 15 is 0 Å². The Morgan fingerprint density at radius 3 is 2.73 bits per heavy atom. The maximum Gasteiger partial charge on any atom is 0.162 e. The van der Waals surface area contributed by atoms with Crippen molar-refractivity contribution >= 4 is 5.78 Å². The lowest BCUT2D eigenvalue weighted by molar-refractivity contribution is -0.131. The first-order valence-corrected chi connectivity index (χ1v) is 6.37. The topological polar surface area (TPSA) is 17.1 Å². The molecular formula is C14H20O. The second-order valence-electron chi connectivity index (χ2n) is 5.89. The Labute approximate surface area is 91.9 Å². The summed E-state index contributed by atoms with van der Waals surface area (Å²) in [4.78, 5) is 12.3. The number of rotatable bonds is 0. The van der Waals surface area contributed by atoms with Gasteiger partial charge >= 0.3 is 0 Å². The summed E-state index contributed by atoms with van der Waals surface area (Å²) in [6, 6.07) is 0. The van der Waals surface area contributed by atoms with Crippen molar-refractivity contribution in [3.8, 4) is 0 Å². The van der Waals surface area contributed by atoms with E-state index in [0.717, 1.165) is 18.8 Å². The maximum absolute atomic E-state index is 12.3. The van der Waals surface area contributed by atoms with E-state index in [1.54, 1.807) is 0 Å². The Kier molecular flexibility index (Phi) is 1.76. The van der Waals surface area contributed by atoms with Gasteiger partial charge in [0.2, 0.25) is 0 Å². The molecule has 0 amide bonds. The highest BCUT2D eigenvalue weighted by Crippen LogP contribution is 2.69. The molecule has 82 valence electrons. The van der Waals surface area contributed by atoms with Gasteiger partial charge in [0, 0.05) is 10.8 Å². The van der Waals surface area contributed by atoms with E-state index in [1.165, 1.54) is 31.3 Å². The van der Waals surface area contributed by atoms with Gasteiger partial charge < -0.3 is 0 Å². The van der Waals surface area contributed by atoms with Gasteiger partial charge in [-0.15, -0.1) is 0 Å². The lowest BCUT2D eigenvalue weighted by atomic mass is 9.53. The van der Waals surface area contributed by atoms with E-state index in [4.69, 9.17) is 0 Å². The lowest BCUT2D eigenvalue weighted by Gasteiger charge is -2.49. The first kappa shape index (κ1) is 9.62. The van der Waals surface area contributed by atoms with Crippen LogP contribution < -0.4 is 0 Å². The van der Waals surface area contributed by atoms with Crippen LogP contribution in [0, 0.1) is 16.7 Å². The van der Waals surface area contributed by atoms with Crippen molar-refractivity contribution < 1.29 is 4.79 Å². The third kappa shape index (κ3) is 0.847. The van der Waals surface area contributed by atoms with E-state index in [2.05, 4.69) is 13.8 Å². The molecular weight excluding hydrogens is 184 g/mol. The molecule has 1 heteroatoms. The zero-order chi connectivity index (χ0) is 10.7. The van der Waals surface area contributed by atoms with E-state index in [1.807, 2.05) is 6.08 Å². The van der Waals surface area contributed by atoms with Crippen LogP contribution in [0.1, 0.15) is 52.4 Å². The van der Waals surface area contributed by atoms with E-state index in [-0.39, 0.29) is 10.8 Å². The Bertz CT molecular complexity index is 354. The van der Waals surface area contributed by atoms with Gasteiger partial charge in [-0.25, -0.2) is 0 Å². The van der Waals surface area contributed by atoms with Crippen LogP contribution in [0.25, 0.3) is 0 Å². The molecule has 3 aliphatic carbocycles. The predicted octanol–water partition coefficient (Wildman–Crippen LogP) is 3.49. The third-order valence-electron chi connectivity index (χ3n) is 5.63. The van der Waals surface area contributed by atoms with E-state index < -0.39 is 0 Å². The summed E-state index contributed by atoms with van der Waals surface area (Å²) in [5.41, 5.74) is 1.73. The van der Waals surface area contributed by atoms with Gasteiger partial charge in [-0.2, -0.15) is 0 Å². The smallest absolute Gasteiger partial charge is 0.162 e. The number of allylic oxidation sites excluding steroid dienone is 2. The van der Waals surface area contributed by atoms with Gasteiger partial charge in [0.15, 0.2) is 5.78 Å². The molecule has 0 aromatic heterocycles. The number of ketones is 1. The normalized spacial score (nSPS) is 48.8. The summed E-state index contributed by atoms with van der Waals surface area (Å²) < 4.78 is 0. The largest absolute Gasteiger partial charge is 0.294 e. The standard InChI is InChI=1S/C14H20O/c1-10-5-3-6-13-7-4-8-14(10,13)11(2)9-12(13)15/h9-10H,3-8H2,1-2H3/t10-,13-,14-/m1/s1. The molecule has 15 heavy (non-hydrogen) atoms. The Morgan fingerprint density at radius 1 is 1.27 bits per heavy atom. The molecule has 3 atom stereocenters.